The summed E-state index contributed by atoms with van der Waals surface area (Å²) in [5.74, 6) is -0.273. The number of benzene rings is 2. The molecule has 1 heterocycles. The maximum atomic E-state index is 12.9. The Bertz CT molecular complexity index is 1150. The number of carbonyl (C=O) groups is 1. The van der Waals surface area contributed by atoms with Gasteiger partial charge in [0.1, 0.15) is 6.61 Å². The molecule has 2 aromatic carbocycles. The van der Waals surface area contributed by atoms with Gasteiger partial charge in [-0.3, -0.25) is 9.82 Å². The number of sulfonamides is 1. The summed E-state index contributed by atoms with van der Waals surface area (Å²) >= 11 is 0. The third kappa shape index (κ3) is 5.59. The Morgan fingerprint density at radius 1 is 1.00 bits per heavy atom. The summed E-state index contributed by atoms with van der Waals surface area (Å²) in [6.45, 7) is 0.0769. The summed E-state index contributed by atoms with van der Waals surface area (Å²) in [6, 6.07) is 19.4. The average Bonchev–Trinajstić information content (AvgIpc) is 3.28. The Balaban J connectivity index is 1.45. The number of pyridine rings is 1. The second-order valence-electron chi connectivity index (χ2n) is 7.68. The van der Waals surface area contributed by atoms with Crippen LogP contribution in [0.25, 0.3) is 10.9 Å². The topological polar surface area (TPSA) is 88.6 Å². The van der Waals surface area contributed by atoms with Crippen molar-refractivity contribution in [1.29, 1.82) is 0 Å². The van der Waals surface area contributed by atoms with Crippen LogP contribution in [0, 0.1) is 0 Å². The molecule has 7 nitrogen and oxygen atoms in total. The SMILES string of the molecule is O=C(NS(=O)(=O)Cc1ccccc1)N(OCc1ccc2ccccc2n1)C1CCCC1. The quantitative estimate of drug-likeness (QED) is 0.559. The van der Waals surface area contributed by atoms with Gasteiger partial charge >= 0.3 is 6.03 Å². The minimum Gasteiger partial charge on any atom is -0.263 e. The van der Waals surface area contributed by atoms with E-state index >= 15 is 0 Å². The molecule has 0 radical (unpaired) electrons. The monoisotopic (exact) mass is 439 g/mol. The van der Waals surface area contributed by atoms with Crippen molar-refractivity contribution in [2.45, 2.75) is 44.1 Å². The van der Waals surface area contributed by atoms with E-state index < -0.39 is 16.1 Å². The van der Waals surface area contributed by atoms with Gasteiger partial charge in [0, 0.05) is 5.39 Å². The predicted octanol–water partition coefficient (Wildman–Crippen LogP) is 4.15. The molecule has 0 spiro atoms. The summed E-state index contributed by atoms with van der Waals surface area (Å²) in [7, 11) is -3.86. The third-order valence-electron chi connectivity index (χ3n) is 5.31. The molecule has 1 aliphatic rings. The molecule has 1 aromatic heterocycles. The largest absolute Gasteiger partial charge is 0.355 e. The van der Waals surface area contributed by atoms with E-state index in [-0.39, 0.29) is 18.4 Å². The van der Waals surface area contributed by atoms with E-state index in [0.717, 1.165) is 36.6 Å². The van der Waals surface area contributed by atoms with Crippen molar-refractivity contribution >= 4 is 27.0 Å². The molecule has 0 saturated heterocycles. The van der Waals surface area contributed by atoms with Gasteiger partial charge in [-0.1, -0.05) is 67.4 Å². The molecule has 1 aliphatic carbocycles. The second-order valence-corrected chi connectivity index (χ2v) is 9.41. The van der Waals surface area contributed by atoms with Gasteiger partial charge in [0.15, 0.2) is 0 Å². The minimum absolute atomic E-state index is 0.0769. The van der Waals surface area contributed by atoms with Crippen LogP contribution < -0.4 is 4.72 Å². The van der Waals surface area contributed by atoms with Crippen LogP contribution in [-0.2, 0) is 27.2 Å². The highest BCUT2D eigenvalue weighted by Crippen LogP contribution is 2.25. The first kappa shape index (κ1) is 21.3. The van der Waals surface area contributed by atoms with Gasteiger partial charge in [-0.2, -0.15) is 5.06 Å². The Kier molecular flexibility index (Phi) is 6.48. The van der Waals surface area contributed by atoms with Gasteiger partial charge in [0.2, 0.25) is 10.0 Å². The molecule has 4 rings (SSSR count). The summed E-state index contributed by atoms with van der Waals surface area (Å²) in [5.41, 5.74) is 2.11. The molecule has 1 N–H and O–H groups in total. The molecule has 8 heteroatoms. The molecule has 162 valence electrons. The van der Waals surface area contributed by atoms with Gasteiger partial charge < -0.3 is 0 Å². The zero-order valence-corrected chi connectivity index (χ0v) is 17.9. The molecule has 0 bridgehead atoms. The van der Waals surface area contributed by atoms with Crippen LogP contribution in [0.4, 0.5) is 4.79 Å². The number of urea groups is 1. The van der Waals surface area contributed by atoms with Gasteiger partial charge in [-0.25, -0.2) is 17.9 Å². The zero-order valence-electron chi connectivity index (χ0n) is 17.1. The molecular formula is C23H25N3O4S. The standard InChI is InChI=1S/C23H25N3O4S/c27-23(25-31(28,29)17-18-8-2-1-3-9-18)26(21-11-5-6-12-21)30-16-20-15-14-19-10-4-7-13-22(19)24-20/h1-4,7-10,13-15,21H,5-6,11-12,16-17H2,(H,25,27). The first-order chi connectivity index (χ1) is 15.0. The van der Waals surface area contributed by atoms with Crippen molar-refractivity contribution in [1.82, 2.24) is 14.8 Å². The number of nitrogens with zero attached hydrogens (tertiary/aromatic N) is 2. The van der Waals surface area contributed by atoms with Crippen LogP contribution in [-0.4, -0.2) is 30.5 Å². The molecule has 0 aliphatic heterocycles. The number of carbonyl (C=O) groups excluding carboxylic acids is 1. The number of rotatable bonds is 7. The van der Waals surface area contributed by atoms with E-state index in [2.05, 4.69) is 9.71 Å². The van der Waals surface area contributed by atoms with E-state index in [4.69, 9.17) is 4.84 Å². The van der Waals surface area contributed by atoms with Crippen LogP contribution in [0.3, 0.4) is 0 Å². The third-order valence-corrected chi connectivity index (χ3v) is 6.51. The number of amides is 2. The predicted molar refractivity (Wildman–Crippen MR) is 118 cm³/mol. The fourth-order valence-corrected chi connectivity index (χ4v) is 4.86. The van der Waals surface area contributed by atoms with Crippen LogP contribution in [0.5, 0.6) is 0 Å². The van der Waals surface area contributed by atoms with Crippen LogP contribution in [0.2, 0.25) is 0 Å². The normalized spacial score (nSPS) is 14.6. The molecule has 1 fully saturated rings. The Morgan fingerprint density at radius 2 is 1.71 bits per heavy atom. The lowest BCUT2D eigenvalue weighted by atomic mass is 10.2. The lowest BCUT2D eigenvalue weighted by Gasteiger charge is -2.27. The Hall–Kier alpha value is -2.97. The Labute approximate surface area is 182 Å². The molecule has 0 atom stereocenters. The zero-order chi connectivity index (χ0) is 21.7. The van der Waals surface area contributed by atoms with E-state index in [0.29, 0.717) is 11.3 Å². The number of hydrogen-bond acceptors (Lipinski definition) is 5. The van der Waals surface area contributed by atoms with Crippen LogP contribution in [0.1, 0.15) is 36.9 Å². The average molecular weight is 440 g/mol. The van der Waals surface area contributed by atoms with Gasteiger partial charge in [0.05, 0.1) is 23.0 Å². The van der Waals surface area contributed by atoms with E-state index in [9.17, 15) is 13.2 Å². The fraction of sp³-hybridized carbons (Fsp3) is 0.304. The Morgan fingerprint density at radius 3 is 2.48 bits per heavy atom. The number of aromatic nitrogens is 1. The molecule has 3 aromatic rings. The number of hydroxylamine groups is 2. The lowest BCUT2D eigenvalue weighted by molar-refractivity contribution is -0.152. The second kappa shape index (κ2) is 9.45. The minimum atomic E-state index is -3.86. The highest BCUT2D eigenvalue weighted by atomic mass is 32.2. The molecule has 2 amide bonds. The van der Waals surface area contributed by atoms with Crippen molar-refractivity contribution in [2.24, 2.45) is 0 Å². The van der Waals surface area contributed by atoms with Crippen molar-refractivity contribution in [3.63, 3.8) is 0 Å². The van der Waals surface area contributed by atoms with Crippen molar-refractivity contribution in [3.05, 3.63) is 78.0 Å². The summed E-state index contributed by atoms with van der Waals surface area (Å²) in [4.78, 5) is 23.2. The van der Waals surface area contributed by atoms with E-state index in [1.54, 1.807) is 24.3 Å². The first-order valence-electron chi connectivity index (χ1n) is 10.4. The highest BCUT2D eigenvalue weighted by Gasteiger charge is 2.30. The maximum absolute atomic E-state index is 12.9. The van der Waals surface area contributed by atoms with E-state index in [1.807, 2.05) is 42.5 Å². The van der Waals surface area contributed by atoms with Crippen LogP contribution in [0.15, 0.2) is 66.7 Å². The summed E-state index contributed by atoms with van der Waals surface area (Å²) in [6.07, 6.45) is 3.50. The number of hydrogen-bond donors (Lipinski definition) is 1. The van der Waals surface area contributed by atoms with Gasteiger partial charge in [-0.05, 0) is 30.5 Å². The van der Waals surface area contributed by atoms with Crippen molar-refractivity contribution in [3.8, 4) is 0 Å². The molecule has 1 saturated carbocycles. The molecule has 31 heavy (non-hydrogen) atoms. The highest BCUT2D eigenvalue weighted by molar-refractivity contribution is 7.89. The van der Waals surface area contributed by atoms with Crippen LogP contribution >= 0.6 is 0 Å². The maximum Gasteiger partial charge on any atom is 0.355 e. The van der Waals surface area contributed by atoms with E-state index in [1.165, 1.54) is 5.06 Å². The number of para-hydroxylation sites is 1. The number of nitrogens with one attached hydrogen (secondary N) is 1. The molecule has 0 unspecified atom stereocenters. The fourth-order valence-electron chi connectivity index (χ4n) is 3.80. The number of fused-ring (bicyclic) bond motifs is 1. The van der Waals surface area contributed by atoms with Gasteiger partial charge in [-0.15, -0.1) is 0 Å². The van der Waals surface area contributed by atoms with Crippen molar-refractivity contribution in [2.75, 3.05) is 0 Å². The summed E-state index contributed by atoms with van der Waals surface area (Å²) < 4.78 is 27.2. The smallest absolute Gasteiger partial charge is 0.263 e. The summed E-state index contributed by atoms with van der Waals surface area (Å²) in [5, 5.41) is 2.20. The molecular weight excluding hydrogens is 414 g/mol. The lowest BCUT2D eigenvalue weighted by Crippen LogP contribution is -2.47. The van der Waals surface area contributed by atoms with Crippen molar-refractivity contribution < 1.29 is 18.0 Å². The first-order valence-corrected chi connectivity index (χ1v) is 12.0. The van der Waals surface area contributed by atoms with Gasteiger partial charge in [0.25, 0.3) is 0 Å².